The molecule has 0 bridgehead atoms. The van der Waals surface area contributed by atoms with Crippen LogP contribution in [0.4, 0.5) is 4.39 Å². The summed E-state index contributed by atoms with van der Waals surface area (Å²) in [6.07, 6.45) is 1.20. The minimum absolute atomic E-state index is 0.0930. The van der Waals surface area contributed by atoms with Crippen LogP contribution in [0.1, 0.15) is 61.3 Å². The van der Waals surface area contributed by atoms with Crippen LogP contribution in [0.15, 0.2) is 42.5 Å². The molecule has 0 amide bonds. The van der Waals surface area contributed by atoms with Crippen molar-refractivity contribution in [1.82, 2.24) is 4.90 Å². The van der Waals surface area contributed by atoms with Gasteiger partial charge < -0.3 is 0 Å². The van der Waals surface area contributed by atoms with Gasteiger partial charge in [0.1, 0.15) is 5.82 Å². The summed E-state index contributed by atoms with van der Waals surface area (Å²) in [5.74, 6) is 1.70. The van der Waals surface area contributed by atoms with Crippen LogP contribution in [0.2, 0.25) is 0 Å². The van der Waals surface area contributed by atoms with Crippen molar-refractivity contribution in [2.45, 2.75) is 52.5 Å². The normalized spacial score (nSPS) is 21.7. The molecule has 0 spiro atoms. The number of aryl methyl sites for hydroxylation is 1. The molecule has 0 aliphatic carbocycles. The first-order valence-corrected chi connectivity index (χ1v) is 9.52. The van der Waals surface area contributed by atoms with Gasteiger partial charge in [-0.1, -0.05) is 57.2 Å². The van der Waals surface area contributed by atoms with Crippen molar-refractivity contribution < 1.29 is 4.39 Å². The minimum Gasteiger partial charge on any atom is -0.298 e. The minimum atomic E-state index is -0.0930. The summed E-state index contributed by atoms with van der Waals surface area (Å²) in [6, 6.07) is 14.6. The summed E-state index contributed by atoms with van der Waals surface area (Å²) >= 11 is 0. The largest absolute Gasteiger partial charge is 0.298 e. The predicted molar refractivity (Wildman–Crippen MR) is 103 cm³/mol. The molecule has 2 aromatic carbocycles. The van der Waals surface area contributed by atoms with Crippen LogP contribution in [0.3, 0.4) is 0 Å². The summed E-state index contributed by atoms with van der Waals surface area (Å²) in [5.41, 5.74) is 4.78. The Kier molecular flexibility index (Phi) is 5.58. The van der Waals surface area contributed by atoms with E-state index in [9.17, 15) is 4.39 Å². The predicted octanol–water partition coefficient (Wildman–Crippen LogP) is 5.88. The molecule has 1 fully saturated rings. The third-order valence-electron chi connectivity index (χ3n) is 5.70. The maximum atomic E-state index is 13.9. The van der Waals surface area contributed by atoms with Gasteiger partial charge in [-0.2, -0.15) is 0 Å². The molecule has 1 heterocycles. The van der Waals surface area contributed by atoms with E-state index in [4.69, 9.17) is 0 Å². The van der Waals surface area contributed by atoms with E-state index in [1.54, 1.807) is 6.07 Å². The van der Waals surface area contributed by atoms with Crippen molar-refractivity contribution in [3.05, 3.63) is 70.5 Å². The second-order valence-electron chi connectivity index (χ2n) is 7.97. The molecule has 25 heavy (non-hydrogen) atoms. The lowest BCUT2D eigenvalue weighted by Crippen LogP contribution is -2.38. The Balaban J connectivity index is 1.79. The van der Waals surface area contributed by atoms with E-state index >= 15 is 0 Å². The molecule has 1 nitrogen and oxygen atoms in total. The average Bonchev–Trinajstić information content (AvgIpc) is 2.60. The van der Waals surface area contributed by atoms with Gasteiger partial charge in [0.15, 0.2) is 0 Å². The van der Waals surface area contributed by atoms with Crippen LogP contribution in [0.5, 0.6) is 0 Å². The zero-order valence-corrected chi connectivity index (χ0v) is 15.9. The zero-order valence-electron chi connectivity index (χ0n) is 15.9. The molecule has 0 saturated carbocycles. The lowest BCUT2D eigenvalue weighted by molar-refractivity contribution is 0.159. The van der Waals surface area contributed by atoms with Crippen molar-refractivity contribution >= 4 is 0 Å². The smallest absolute Gasteiger partial charge is 0.126 e. The highest BCUT2D eigenvalue weighted by Gasteiger charge is 2.29. The Hall–Kier alpha value is -1.67. The van der Waals surface area contributed by atoms with Gasteiger partial charge in [0.25, 0.3) is 0 Å². The number of hydrogen-bond acceptors (Lipinski definition) is 1. The third kappa shape index (κ3) is 4.12. The van der Waals surface area contributed by atoms with Gasteiger partial charge in [0.05, 0.1) is 0 Å². The second-order valence-corrected chi connectivity index (χ2v) is 7.97. The first-order chi connectivity index (χ1) is 12.0. The average molecular weight is 339 g/mol. The highest BCUT2D eigenvalue weighted by molar-refractivity contribution is 5.34. The molecular weight excluding hydrogens is 309 g/mol. The number of halogens is 1. The monoisotopic (exact) mass is 339 g/mol. The van der Waals surface area contributed by atoms with Gasteiger partial charge in [0, 0.05) is 13.1 Å². The van der Waals surface area contributed by atoms with Crippen molar-refractivity contribution in [1.29, 1.82) is 0 Å². The Morgan fingerprint density at radius 1 is 1.16 bits per heavy atom. The maximum Gasteiger partial charge on any atom is 0.126 e. The second kappa shape index (κ2) is 7.70. The van der Waals surface area contributed by atoms with E-state index in [1.165, 1.54) is 17.5 Å². The van der Waals surface area contributed by atoms with E-state index in [2.05, 4.69) is 56.0 Å². The van der Waals surface area contributed by atoms with Crippen molar-refractivity contribution in [3.8, 4) is 0 Å². The van der Waals surface area contributed by atoms with Gasteiger partial charge in [0.2, 0.25) is 0 Å². The highest BCUT2D eigenvalue weighted by Crippen LogP contribution is 2.36. The summed E-state index contributed by atoms with van der Waals surface area (Å²) in [7, 11) is 0. The third-order valence-corrected chi connectivity index (χ3v) is 5.70. The van der Waals surface area contributed by atoms with Crippen LogP contribution in [0.25, 0.3) is 0 Å². The molecule has 1 aliphatic heterocycles. The van der Waals surface area contributed by atoms with Gasteiger partial charge in [-0.3, -0.25) is 4.90 Å². The van der Waals surface area contributed by atoms with Crippen molar-refractivity contribution in [3.63, 3.8) is 0 Å². The van der Waals surface area contributed by atoms with Gasteiger partial charge in [-0.05, 0) is 66.0 Å². The molecule has 0 aromatic heterocycles. The number of rotatable bonds is 4. The van der Waals surface area contributed by atoms with E-state index in [0.717, 1.165) is 30.8 Å². The van der Waals surface area contributed by atoms with Crippen molar-refractivity contribution in [2.24, 2.45) is 5.92 Å². The first-order valence-electron chi connectivity index (χ1n) is 9.52. The molecule has 134 valence electrons. The van der Waals surface area contributed by atoms with Crippen LogP contribution in [-0.4, -0.2) is 18.0 Å². The summed E-state index contributed by atoms with van der Waals surface area (Å²) in [5, 5.41) is 0. The molecular formula is C23H30FN. The highest BCUT2D eigenvalue weighted by atomic mass is 19.1. The number of benzene rings is 2. The molecule has 2 unspecified atom stereocenters. The molecule has 2 atom stereocenters. The summed E-state index contributed by atoms with van der Waals surface area (Å²) < 4.78 is 13.9. The van der Waals surface area contributed by atoms with Crippen LogP contribution < -0.4 is 0 Å². The molecule has 1 saturated heterocycles. The molecule has 1 aliphatic rings. The molecule has 2 aromatic rings. The SMILES string of the molecule is Cc1ccc(CN2CCC(C)C(c3ccccc3C(C)C)C2)cc1F. The molecule has 2 heteroatoms. The lowest BCUT2D eigenvalue weighted by Gasteiger charge is -2.38. The lowest BCUT2D eigenvalue weighted by atomic mass is 9.78. The topological polar surface area (TPSA) is 3.24 Å². The van der Waals surface area contributed by atoms with Crippen LogP contribution in [0, 0.1) is 18.7 Å². The Bertz CT molecular complexity index is 722. The number of hydrogen-bond donors (Lipinski definition) is 0. The van der Waals surface area contributed by atoms with Crippen molar-refractivity contribution in [2.75, 3.05) is 13.1 Å². The number of piperidine rings is 1. The quantitative estimate of drug-likeness (QED) is 0.672. The maximum absolute atomic E-state index is 13.9. The fraction of sp³-hybridized carbons (Fsp3) is 0.478. The summed E-state index contributed by atoms with van der Waals surface area (Å²) in [4.78, 5) is 2.49. The fourth-order valence-corrected chi connectivity index (χ4v) is 4.05. The Labute approximate surface area is 151 Å². The van der Waals surface area contributed by atoms with Crippen LogP contribution >= 0.6 is 0 Å². The van der Waals surface area contributed by atoms with E-state index in [-0.39, 0.29) is 5.82 Å². The zero-order chi connectivity index (χ0) is 18.0. The van der Waals surface area contributed by atoms with E-state index in [0.29, 0.717) is 17.8 Å². The number of nitrogens with zero attached hydrogens (tertiary/aromatic N) is 1. The van der Waals surface area contributed by atoms with Gasteiger partial charge in [-0.25, -0.2) is 4.39 Å². The van der Waals surface area contributed by atoms with E-state index < -0.39 is 0 Å². The molecule has 3 rings (SSSR count). The van der Waals surface area contributed by atoms with Gasteiger partial charge in [-0.15, -0.1) is 0 Å². The van der Waals surface area contributed by atoms with Crippen LogP contribution in [-0.2, 0) is 6.54 Å². The Morgan fingerprint density at radius 3 is 2.64 bits per heavy atom. The standard InChI is InChI=1S/C23H30FN/c1-16(2)20-7-5-6-8-21(20)22-15-25(12-11-17(22)3)14-19-10-9-18(4)23(24)13-19/h5-10,13,16-17,22H,11-12,14-15H2,1-4H3. The molecule has 0 radical (unpaired) electrons. The Morgan fingerprint density at radius 2 is 1.92 bits per heavy atom. The van der Waals surface area contributed by atoms with E-state index in [1.807, 2.05) is 13.0 Å². The van der Waals surface area contributed by atoms with Gasteiger partial charge >= 0.3 is 0 Å². The fourth-order valence-electron chi connectivity index (χ4n) is 4.05. The summed E-state index contributed by atoms with van der Waals surface area (Å²) in [6.45, 7) is 11.7. The first kappa shape index (κ1) is 18.1. The molecule has 0 N–H and O–H groups in total. The number of likely N-dealkylation sites (tertiary alicyclic amines) is 1.